The van der Waals surface area contributed by atoms with E-state index in [4.69, 9.17) is 4.52 Å². The summed E-state index contributed by atoms with van der Waals surface area (Å²) in [7, 11) is 0. The van der Waals surface area contributed by atoms with Gasteiger partial charge in [0, 0.05) is 38.1 Å². The zero-order valence-corrected chi connectivity index (χ0v) is 8.28. The lowest BCUT2D eigenvalue weighted by Crippen LogP contribution is -2.47. The molecule has 0 amide bonds. The zero-order chi connectivity index (χ0) is 10.1. The summed E-state index contributed by atoms with van der Waals surface area (Å²) in [5.74, 6) is 0. The molecule has 0 aliphatic carbocycles. The summed E-state index contributed by atoms with van der Waals surface area (Å²) < 4.78 is 6.80. The molecule has 0 unspecified atom stereocenters. The first-order valence-corrected chi connectivity index (χ1v) is 5.02. The molecule has 3 rings (SSSR count). The standard InChI is InChI=1S/C10H12N4O/c1-3-11-14(4-1)10-7-13(8-10)6-9-2-5-15-12-9/h1-5,10H,6-8H2. The molecular formula is C10H12N4O. The highest BCUT2D eigenvalue weighted by molar-refractivity contribution is 4.98. The van der Waals surface area contributed by atoms with Crippen molar-refractivity contribution in [3.8, 4) is 0 Å². The fourth-order valence-corrected chi connectivity index (χ4v) is 1.88. The fraction of sp³-hybridized carbons (Fsp3) is 0.400. The summed E-state index contributed by atoms with van der Waals surface area (Å²) in [5, 5.41) is 8.11. The maximum Gasteiger partial charge on any atom is 0.124 e. The van der Waals surface area contributed by atoms with Crippen molar-refractivity contribution in [3.63, 3.8) is 0 Å². The Morgan fingerprint density at radius 2 is 2.40 bits per heavy atom. The lowest BCUT2D eigenvalue weighted by atomic mass is 10.1. The minimum absolute atomic E-state index is 0.520. The van der Waals surface area contributed by atoms with Crippen LogP contribution in [0.5, 0.6) is 0 Å². The van der Waals surface area contributed by atoms with Crippen molar-refractivity contribution in [2.24, 2.45) is 0 Å². The van der Waals surface area contributed by atoms with Gasteiger partial charge in [0.15, 0.2) is 0 Å². The van der Waals surface area contributed by atoms with Crippen LogP contribution in [0.25, 0.3) is 0 Å². The average Bonchev–Trinajstić information content (AvgIpc) is 2.83. The first kappa shape index (κ1) is 8.67. The molecule has 0 bridgehead atoms. The highest BCUT2D eigenvalue weighted by Crippen LogP contribution is 2.21. The van der Waals surface area contributed by atoms with Gasteiger partial charge in [-0.3, -0.25) is 9.58 Å². The average molecular weight is 204 g/mol. The zero-order valence-electron chi connectivity index (χ0n) is 8.28. The molecular weight excluding hydrogens is 192 g/mol. The minimum Gasteiger partial charge on any atom is -0.364 e. The van der Waals surface area contributed by atoms with Crippen molar-refractivity contribution in [1.29, 1.82) is 0 Å². The van der Waals surface area contributed by atoms with E-state index < -0.39 is 0 Å². The summed E-state index contributed by atoms with van der Waals surface area (Å²) in [6.45, 7) is 2.94. The van der Waals surface area contributed by atoms with E-state index in [-0.39, 0.29) is 0 Å². The van der Waals surface area contributed by atoms with E-state index in [1.807, 2.05) is 29.2 Å². The van der Waals surface area contributed by atoms with E-state index in [0.717, 1.165) is 25.3 Å². The molecule has 0 saturated carbocycles. The molecule has 5 heteroatoms. The Labute approximate surface area is 87.3 Å². The monoisotopic (exact) mass is 204 g/mol. The SMILES string of the molecule is c1cnn(C2CN(Cc3ccon3)C2)c1. The Balaban J connectivity index is 1.54. The molecule has 1 saturated heterocycles. The van der Waals surface area contributed by atoms with Crippen LogP contribution < -0.4 is 0 Å². The summed E-state index contributed by atoms with van der Waals surface area (Å²) in [5.41, 5.74) is 0.994. The highest BCUT2D eigenvalue weighted by atomic mass is 16.5. The van der Waals surface area contributed by atoms with Gasteiger partial charge < -0.3 is 4.52 Å². The summed E-state index contributed by atoms with van der Waals surface area (Å²) in [6.07, 6.45) is 5.44. The molecule has 0 radical (unpaired) electrons. The van der Waals surface area contributed by atoms with Crippen LogP contribution >= 0.6 is 0 Å². The predicted octanol–water partition coefficient (Wildman–Crippen LogP) is 0.928. The summed E-state index contributed by atoms with van der Waals surface area (Å²) >= 11 is 0. The van der Waals surface area contributed by atoms with Crippen LogP contribution in [0.15, 0.2) is 35.3 Å². The van der Waals surface area contributed by atoms with Crippen molar-refractivity contribution in [3.05, 3.63) is 36.5 Å². The number of hydrogen-bond donors (Lipinski definition) is 0. The van der Waals surface area contributed by atoms with Crippen molar-refractivity contribution < 1.29 is 4.52 Å². The number of aromatic nitrogens is 3. The van der Waals surface area contributed by atoms with E-state index in [1.165, 1.54) is 0 Å². The molecule has 1 aliphatic rings. The maximum absolute atomic E-state index is 4.79. The topological polar surface area (TPSA) is 47.1 Å². The molecule has 1 fully saturated rings. The Hall–Kier alpha value is -1.62. The molecule has 0 spiro atoms. The lowest BCUT2D eigenvalue weighted by Gasteiger charge is -2.38. The van der Waals surface area contributed by atoms with Crippen molar-refractivity contribution in [2.45, 2.75) is 12.6 Å². The Morgan fingerprint density at radius 1 is 1.47 bits per heavy atom. The molecule has 0 N–H and O–H groups in total. The minimum atomic E-state index is 0.520. The van der Waals surface area contributed by atoms with E-state index >= 15 is 0 Å². The van der Waals surface area contributed by atoms with Crippen LogP contribution in [-0.2, 0) is 6.54 Å². The van der Waals surface area contributed by atoms with Crippen LogP contribution in [0.2, 0.25) is 0 Å². The normalized spacial score (nSPS) is 17.9. The molecule has 1 aliphatic heterocycles. The Morgan fingerprint density at radius 3 is 3.07 bits per heavy atom. The largest absolute Gasteiger partial charge is 0.364 e. The second-order valence-corrected chi connectivity index (χ2v) is 3.82. The maximum atomic E-state index is 4.79. The molecule has 5 nitrogen and oxygen atoms in total. The van der Waals surface area contributed by atoms with E-state index in [1.54, 1.807) is 6.26 Å². The predicted molar refractivity (Wildman–Crippen MR) is 53.0 cm³/mol. The summed E-state index contributed by atoms with van der Waals surface area (Å²) in [4.78, 5) is 2.32. The number of likely N-dealkylation sites (tertiary alicyclic amines) is 1. The molecule has 15 heavy (non-hydrogen) atoms. The lowest BCUT2D eigenvalue weighted by molar-refractivity contribution is 0.0884. The Kier molecular flexibility index (Phi) is 2.03. The number of hydrogen-bond acceptors (Lipinski definition) is 4. The molecule has 2 aromatic heterocycles. The van der Waals surface area contributed by atoms with Crippen LogP contribution in [-0.4, -0.2) is 32.9 Å². The third-order valence-corrected chi connectivity index (χ3v) is 2.71. The third kappa shape index (κ3) is 1.66. The number of rotatable bonds is 3. The highest BCUT2D eigenvalue weighted by Gasteiger charge is 2.28. The van der Waals surface area contributed by atoms with Gasteiger partial charge in [0.25, 0.3) is 0 Å². The van der Waals surface area contributed by atoms with Gasteiger partial charge in [0.05, 0.1) is 11.7 Å². The van der Waals surface area contributed by atoms with Crippen LogP contribution in [0.4, 0.5) is 0 Å². The fourth-order valence-electron chi connectivity index (χ4n) is 1.88. The second kappa shape index (κ2) is 3.51. The van der Waals surface area contributed by atoms with Crippen LogP contribution in [0, 0.1) is 0 Å². The Bertz CT molecular complexity index is 403. The van der Waals surface area contributed by atoms with Gasteiger partial charge in [0.1, 0.15) is 6.26 Å². The number of nitrogens with zero attached hydrogens (tertiary/aromatic N) is 4. The van der Waals surface area contributed by atoms with Crippen LogP contribution in [0.3, 0.4) is 0 Å². The first-order valence-electron chi connectivity index (χ1n) is 5.02. The molecule has 78 valence electrons. The van der Waals surface area contributed by atoms with Gasteiger partial charge in [0.2, 0.25) is 0 Å². The van der Waals surface area contributed by atoms with Crippen molar-refractivity contribution >= 4 is 0 Å². The molecule has 0 aromatic carbocycles. The van der Waals surface area contributed by atoms with Gasteiger partial charge in [-0.25, -0.2) is 0 Å². The van der Waals surface area contributed by atoms with Gasteiger partial charge in [-0.15, -0.1) is 0 Å². The first-order chi connectivity index (χ1) is 7.42. The molecule has 3 heterocycles. The quantitative estimate of drug-likeness (QED) is 0.746. The van der Waals surface area contributed by atoms with Crippen molar-refractivity contribution in [1.82, 2.24) is 19.8 Å². The molecule has 0 atom stereocenters. The smallest absolute Gasteiger partial charge is 0.124 e. The molecule has 2 aromatic rings. The van der Waals surface area contributed by atoms with Crippen LogP contribution in [0.1, 0.15) is 11.7 Å². The second-order valence-electron chi connectivity index (χ2n) is 3.82. The third-order valence-electron chi connectivity index (χ3n) is 2.71. The van der Waals surface area contributed by atoms with Gasteiger partial charge in [-0.2, -0.15) is 5.10 Å². The van der Waals surface area contributed by atoms with Crippen molar-refractivity contribution in [2.75, 3.05) is 13.1 Å². The van der Waals surface area contributed by atoms with Gasteiger partial charge in [-0.1, -0.05) is 5.16 Å². The van der Waals surface area contributed by atoms with Gasteiger partial charge >= 0.3 is 0 Å². The van der Waals surface area contributed by atoms with E-state index in [0.29, 0.717) is 6.04 Å². The van der Waals surface area contributed by atoms with E-state index in [2.05, 4.69) is 15.2 Å². The van der Waals surface area contributed by atoms with Gasteiger partial charge in [-0.05, 0) is 6.07 Å². The van der Waals surface area contributed by atoms with E-state index in [9.17, 15) is 0 Å². The summed E-state index contributed by atoms with van der Waals surface area (Å²) in [6, 6.07) is 4.38.